The number of carbonyl (C=O) groups excluding carboxylic acids is 1. The first kappa shape index (κ1) is 15.4. The maximum atomic E-state index is 11.7. The number of carbonyl (C=O) groups is 1. The number of benzene rings is 1. The highest BCUT2D eigenvalue weighted by Crippen LogP contribution is 2.11. The lowest BCUT2D eigenvalue weighted by molar-refractivity contribution is -0.123. The van der Waals surface area contributed by atoms with E-state index in [0.29, 0.717) is 6.42 Å². The maximum Gasteiger partial charge on any atom is 0.237 e. The third-order valence-electron chi connectivity index (χ3n) is 2.71. The molecular formula is C13H20N2O4. The Bertz CT molecular complexity index is 417. The molecule has 1 rings (SSSR count). The van der Waals surface area contributed by atoms with E-state index in [1.165, 1.54) is 19.1 Å². The van der Waals surface area contributed by atoms with Gasteiger partial charge < -0.3 is 26.4 Å². The van der Waals surface area contributed by atoms with Crippen LogP contribution in [0.5, 0.6) is 5.75 Å². The molecule has 0 aromatic heterocycles. The summed E-state index contributed by atoms with van der Waals surface area (Å²) < 4.78 is 0. The zero-order valence-electron chi connectivity index (χ0n) is 10.8. The molecule has 6 heteroatoms. The molecule has 0 radical (unpaired) electrons. The van der Waals surface area contributed by atoms with Crippen molar-refractivity contribution in [2.75, 3.05) is 13.2 Å². The van der Waals surface area contributed by atoms with Crippen molar-refractivity contribution in [1.82, 2.24) is 5.32 Å². The molecule has 0 aliphatic rings. The van der Waals surface area contributed by atoms with Gasteiger partial charge in [0.2, 0.25) is 5.91 Å². The largest absolute Gasteiger partial charge is 0.508 e. The molecule has 6 nitrogen and oxygen atoms in total. The average molecular weight is 268 g/mol. The van der Waals surface area contributed by atoms with Crippen LogP contribution >= 0.6 is 0 Å². The molecule has 0 saturated heterocycles. The molecule has 19 heavy (non-hydrogen) atoms. The third-order valence-corrected chi connectivity index (χ3v) is 2.71. The number of hydrogen-bond donors (Lipinski definition) is 5. The van der Waals surface area contributed by atoms with Gasteiger partial charge in [0.05, 0.1) is 12.6 Å². The molecule has 1 aromatic rings. The van der Waals surface area contributed by atoms with E-state index in [9.17, 15) is 9.90 Å². The summed E-state index contributed by atoms with van der Waals surface area (Å²) in [5.74, 6) is -0.248. The summed E-state index contributed by atoms with van der Waals surface area (Å²) in [6, 6.07) is 5.67. The first-order valence-corrected chi connectivity index (χ1v) is 5.98. The van der Waals surface area contributed by atoms with Gasteiger partial charge in [-0.25, -0.2) is 0 Å². The zero-order chi connectivity index (χ0) is 14.5. The number of aliphatic hydroxyl groups is 2. The molecule has 106 valence electrons. The van der Waals surface area contributed by atoms with Crippen molar-refractivity contribution < 1.29 is 20.1 Å². The summed E-state index contributed by atoms with van der Waals surface area (Å²) in [4.78, 5) is 11.7. The lowest BCUT2D eigenvalue weighted by Crippen LogP contribution is -2.49. The summed E-state index contributed by atoms with van der Waals surface area (Å²) in [7, 11) is 0. The molecule has 0 saturated carbocycles. The lowest BCUT2D eigenvalue weighted by atomic mass is 10.0. The molecule has 0 aliphatic carbocycles. The number of aliphatic hydroxyl groups excluding tert-OH is 1. The molecule has 1 unspecified atom stereocenters. The van der Waals surface area contributed by atoms with Crippen molar-refractivity contribution in [3.8, 4) is 5.75 Å². The van der Waals surface area contributed by atoms with E-state index in [0.717, 1.165) is 5.56 Å². The van der Waals surface area contributed by atoms with Crippen LogP contribution in [-0.2, 0) is 11.2 Å². The van der Waals surface area contributed by atoms with Crippen LogP contribution in [0.2, 0.25) is 0 Å². The average Bonchev–Trinajstić information content (AvgIpc) is 2.38. The monoisotopic (exact) mass is 268 g/mol. The molecule has 2 atom stereocenters. The predicted octanol–water partition coefficient (Wildman–Crippen LogP) is -0.878. The van der Waals surface area contributed by atoms with Crippen LogP contribution in [0.15, 0.2) is 24.3 Å². The standard InChI is InChI=1S/C13H20N2O4/c1-13(19,8-16)7-15-12(18)11(14)6-9-2-4-10(17)5-3-9/h2-5,11,16-17,19H,6-8,14H2,1H3,(H,15,18)/t11-,13?/m1/s1. The van der Waals surface area contributed by atoms with Gasteiger partial charge in [-0.05, 0) is 31.0 Å². The summed E-state index contributed by atoms with van der Waals surface area (Å²) in [5, 5.41) is 30.0. The van der Waals surface area contributed by atoms with Gasteiger partial charge in [0.1, 0.15) is 11.4 Å². The highest BCUT2D eigenvalue weighted by Gasteiger charge is 2.22. The maximum absolute atomic E-state index is 11.7. The van der Waals surface area contributed by atoms with Crippen LogP contribution in [0.25, 0.3) is 0 Å². The summed E-state index contributed by atoms with van der Waals surface area (Å²) in [6.07, 6.45) is 0.327. The number of rotatable bonds is 6. The molecule has 0 spiro atoms. The van der Waals surface area contributed by atoms with Crippen LogP contribution in [0.4, 0.5) is 0 Å². The number of nitrogens with two attached hydrogens (primary N) is 1. The van der Waals surface area contributed by atoms with Crippen LogP contribution < -0.4 is 11.1 Å². The van der Waals surface area contributed by atoms with Gasteiger partial charge in [-0.15, -0.1) is 0 Å². The molecule has 0 heterocycles. The van der Waals surface area contributed by atoms with Crippen molar-refractivity contribution in [3.63, 3.8) is 0 Å². The normalized spacial score (nSPS) is 15.6. The number of phenolic OH excluding ortho intramolecular Hbond substituents is 1. The van der Waals surface area contributed by atoms with Crippen molar-refractivity contribution in [2.45, 2.75) is 25.0 Å². The van der Waals surface area contributed by atoms with Crippen LogP contribution in [0, 0.1) is 0 Å². The van der Waals surface area contributed by atoms with Crippen LogP contribution in [-0.4, -0.2) is 46.0 Å². The molecule has 1 aromatic carbocycles. The summed E-state index contributed by atoms with van der Waals surface area (Å²) >= 11 is 0. The third kappa shape index (κ3) is 5.25. The number of hydrogen-bond acceptors (Lipinski definition) is 5. The van der Waals surface area contributed by atoms with E-state index in [1.54, 1.807) is 12.1 Å². The number of aromatic hydroxyl groups is 1. The van der Waals surface area contributed by atoms with Gasteiger partial charge in [-0.2, -0.15) is 0 Å². The fourth-order valence-electron chi connectivity index (χ4n) is 1.44. The molecule has 0 fully saturated rings. The van der Waals surface area contributed by atoms with Crippen LogP contribution in [0.3, 0.4) is 0 Å². The molecule has 0 bridgehead atoms. The van der Waals surface area contributed by atoms with E-state index in [4.69, 9.17) is 15.9 Å². The first-order valence-electron chi connectivity index (χ1n) is 5.98. The van der Waals surface area contributed by atoms with Gasteiger partial charge in [0, 0.05) is 6.54 Å². The topological polar surface area (TPSA) is 116 Å². The lowest BCUT2D eigenvalue weighted by Gasteiger charge is -2.22. The smallest absolute Gasteiger partial charge is 0.237 e. The predicted molar refractivity (Wildman–Crippen MR) is 70.5 cm³/mol. The SMILES string of the molecule is CC(O)(CO)CNC(=O)[C@H](N)Cc1ccc(O)cc1. The Morgan fingerprint density at radius 3 is 2.53 bits per heavy atom. The van der Waals surface area contributed by atoms with Gasteiger partial charge in [-0.3, -0.25) is 4.79 Å². The minimum atomic E-state index is -1.35. The van der Waals surface area contributed by atoms with Gasteiger partial charge in [0.15, 0.2) is 0 Å². The van der Waals surface area contributed by atoms with E-state index in [-0.39, 0.29) is 12.3 Å². The Balaban J connectivity index is 2.47. The minimum Gasteiger partial charge on any atom is -0.508 e. The second kappa shape index (κ2) is 6.51. The summed E-state index contributed by atoms with van der Waals surface area (Å²) in [6.45, 7) is 0.908. The van der Waals surface area contributed by atoms with Gasteiger partial charge in [0.25, 0.3) is 0 Å². The fourth-order valence-corrected chi connectivity index (χ4v) is 1.44. The highest BCUT2D eigenvalue weighted by atomic mass is 16.3. The van der Waals surface area contributed by atoms with Crippen LogP contribution in [0.1, 0.15) is 12.5 Å². The first-order chi connectivity index (χ1) is 8.84. The van der Waals surface area contributed by atoms with Crippen molar-refractivity contribution in [3.05, 3.63) is 29.8 Å². The highest BCUT2D eigenvalue weighted by molar-refractivity contribution is 5.81. The Hall–Kier alpha value is -1.63. The molecule has 6 N–H and O–H groups in total. The van der Waals surface area contributed by atoms with Gasteiger partial charge >= 0.3 is 0 Å². The Morgan fingerprint density at radius 1 is 1.42 bits per heavy atom. The second-order valence-electron chi connectivity index (χ2n) is 4.85. The Morgan fingerprint density at radius 2 is 2.00 bits per heavy atom. The van der Waals surface area contributed by atoms with E-state index in [2.05, 4.69) is 5.32 Å². The van der Waals surface area contributed by atoms with E-state index >= 15 is 0 Å². The van der Waals surface area contributed by atoms with E-state index < -0.39 is 24.2 Å². The van der Waals surface area contributed by atoms with Gasteiger partial charge in [-0.1, -0.05) is 12.1 Å². The number of nitrogens with one attached hydrogen (secondary N) is 1. The Labute approximate surface area is 111 Å². The summed E-state index contributed by atoms with van der Waals surface area (Å²) in [5.41, 5.74) is 5.21. The second-order valence-corrected chi connectivity index (χ2v) is 4.85. The quantitative estimate of drug-likeness (QED) is 0.459. The Kier molecular flexibility index (Phi) is 5.29. The van der Waals surface area contributed by atoms with E-state index in [1.807, 2.05) is 0 Å². The van der Waals surface area contributed by atoms with Crippen molar-refractivity contribution in [2.24, 2.45) is 5.73 Å². The van der Waals surface area contributed by atoms with Crippen molar-refractivity contribution >= 4 is 5.91 Å². The van der Waals surface area contributed by atoms with Crippen molar-refractivity contribution in [1.29, 1.82) is 0 Å². The minimum absolute atomic E-state index is 0.0639. The molecule has 1 amide bonds. The zero-order valence-corrected chi connectivity index (χ0v) is 10.8. The fraction of sp³-hybridized carbons (Fsp3) is 0.462. The molecule has 0 aliphatic heterocycles. The number of phenols is 1. The molecular weight excluding hydrogens is 248 g/mol. The number of amides is 1.